The predicted octanol–water partition coefficient (Wildman–Crippen LogP) is 14.5. The average Bonchev–Trinajstić information content (AvgIpc) is 3.19. The molecule has 1 aromatic rings. The predicted molar refractivity (Wildman–Crippen MR) is 230 cm³/mol. The lowest BCUT2D eigenvalue weighted by Crippen LogP contribution is -2.21. The summed E-state index contributed by atoms with van der Waals surface area (Å²) >= 11 is 0. The van der Waals surface area contributed by atoms with Crippen LogP contribution >= 0.6 is 0 Å². The van der Waals surface area contributed by atoms with E-state index in [0.29, 0.717) is 16.4 Å². The van der Waals surface area contributed by atoms with E-state index in [1.54, 1.807) is 12.1 Å². The third kappa shape index (κ3) is 25.9. The molecule has 0 atom stereocenters. The quantitative estimate of drug-likeness (QED) is 0.0641. The van der Waals surface area contributed by atoms with Crippen molar-refractivity contribution in [3.05, 3.63) is 34.2 Å². The van der Waals surface area contributed by atoms with E-state index in [-0.39, 0.29) is 11.1 Å². The van der Waals surface area contributed by atoms with Crippen LogP contribution in [0.1, 0.15) is 238 Å². The highest BCUT2D eigenvalue weighted by Crippen LogP contribution is 2.23. The van der Waals surface area contributed by atoms with Gasteiger partial charge in [-0.25, -0.2) is 0 Å². The summed E-state index contributed by atoms with van der Waals surface area (Å²) in [5, 5.41) is 39.7. The summed E-state index contributed by atoms with van der Waals surface area (Å²) in [4.78, 5) is 0. The van der Waals surface area contributed by atoms with Crippen molar-refractivity contribution < 1.29 is 0 Å². The first-order valence-corrected chi connectivity index (χ1v) is 23.1. The van der Waals surface area contributed by atoms with Gasteiger partial charge in [0.05, 0.1) is 0 Å². The maximum absolute atomic E-state index is 9.71. The van der Waals surface area contributed by atoms with Crippen molar-refractivity contribution in [3.8, 4) is 24.3 Å². The summed E-state index contributed by atoms with van der Waals surface area (Å²) in [6, 6.07) is 13.5. The van der Waals surface area contributed by atoms with Gasteiger partial charge in [0.15, 0.2) is 0 Å². The van der Waals surface area contributed by atoms with Gasteiger partial charge in [0.25, 0.3) is 0 Å². The third-order valence-electron chi connectivity index (χ3n) is 11.6. The molecule has 54 heavy (non-hydrogen) atoms. The molecule has 0 amide bonds. The molecule has 0 saturated heterocycles. The van der Waals surface area contributed by atoms with E-state index < -0.39 is 0 Å². The van der Waals surface area contributed by atoms with Crippen LogP contribution in [0.3, 0.4) is 0 Å². The standard InChI is InChI=1S/C50H80N4/c1-3-5-7-9-11-13-15-17-19-21-23-25-27-29-31-33-35-45(36-34-32-30-28-26-24-22-20-18-16-14-12-10-8-6-4-2)39-47-40-46(48(41-51)42-52)37-38-50(47)49(43-53)44-54/h37-38,40,45H,3-36,39H2,1-2H3. The van der Waals surface area contributed by atoms with Crippen LogP contribution in [-0.4, -0.2) is 0 Å². The minimum atomic E-state index is 0.0745. The first-order chi connectivity index (χ1) is 26.6. The normalized spacial score (nSPS) is 10.9. The number of hydrogen-bond donors (Lipinski definition) is 0. The van der Waals surface area contributed by atoms with Crippen molar-refractivity contribution in [2.45, 2.75) is 239 Å². The SMILES string of the molecule is CCCCCCCCCCCCCCCCCCC(CCCCCCCCCCCCCCCCCC)Cc1cc(=C(C#N)C#N)ccc1=C(C#N)C#N. The number of nitriles is 4. The van der Waals surface area contributed by atoms with Gasteiger partial charge >= 0.3 is 0 Å². The molecule has 0 aliphatic heterocycles. The molecule has 0 spiro atoms. The number of rotatable bonds is 36. The maximum atomic E-state index is 9.71. The summed E-state index contributed by atoms with van der Waals surface area (Å²) in [7, 11) is 0. The third-order valence-corrected chi connectivity index (χ3v) is 11.6. The van der Waals surface area contributed by atoms with E-state index in [4.69, 9.17) is 0 Å². The molecule has 0 unspecified atom stereocenters. The maximum Gasteiger partial charge on any atom is 0.137 e. The van der Waals surface area contributed by atoms with E-state index in [2.05, 4.69) is 26.0 Å². The summed E-state index contributed by atoms with van der Waals surface area (Å²) in [5.41, 5.74) is 1.10. The van der Waals surface area contributed by atoms with E-state index >= 15 is 0 Å². The van der Waals surface area contributed by atoms with Gasteiger partial charge in [0.2, 0.25) is 0 Å². The molecule has 1 aromatic carbocycles. The van der Waals surface area contributed by atoms with Crippen molar-refractivity contribution in [1.82, 2.24) is 0 Å². The van der Waals surface area contributed by atoms with Gasteiger partial charge in [-0.2, -0.15) is 21.0 Å². The number of unbranched alkanes of at least 4 members (excludes halogenated alkanes) is 30. The fourth-order valence-electron chi connectivity index (χ4n) is 8.08. The lowest BCUT2D eigenvalue weighted by atomic mass is 9.87. The molecular weight excluding hydrogens is 657 g/mol. The molecule has 0 saturated carbocycles. The van der Waals surface area contributed by atoms with Gasteiger partial charge < -0.3 is 0 Å². The Bertz CT molecular complexity index is 1280. The van der Waals surface area contributed by atoms with Gasteiger partial charge in [-0.1, -0.05) is 244 Å². The summed E-state index contributed by atoms with van der Waals surface area (Å²) in [5.74, 6) is 0.462. The number of hydrogen-bond acceptors (Lipinski definition) is 4. The second kappa shape index (κ2) is 36.9. The van der Waals surface area contributed by atoms with Crippen LogP contribution in [0.5, 0.6) is 0 Å². The lowest BCUT2D eigenvalue weighted by Gasteiger charge is -2.18. The van der Waals surface area contributed by atoms with Crippen LogP contribution in [0.2, 0.25) is 0 Å². The second-order valence-electron chi connectivity index (χ2n) is 16.3. The second-order valence-corrected chi connectivity index (χ2v) is 16.3. The number of benzene rings is 1. The Morgan fingerprint density at radius 2 is 0.704 bits per heavy atom. The van der Waals surface area contributed by atoms with Gasteiger partial charge in [0.1, 0.15) is 35.4 Å². The molecule has 0 fully saturated rings. The van der Waals surface area contributed by atoms with E-state index in [1.165, 1.54) is 205 Å². The Kier molecular flexibility index (Phi) is 33.4. The van der Waals surface area contributed by atoms with Crippen molar-refractivity contribution in [2.75, 3.05) is 0 Å². The van der Waals surface area contributed by atoms with Crippen molar-refractivity contribution in [3.63, 3.8) is 0 Å². The van der Waals surface area contributed by atoms with Crippen LogP contribution in [-0.2, 0) is 6.42 Å². The van der Waals surface area contributed by atoms with Gasteiger partial charge in [-0.3, -0.25) is 0 Å². The molecule has 0 bridgehead atoms. The summed E-state index contributed by atoms with van der Waals surface area (Å²) in [6.45, 7) is 4.57. The molecule has 0 N–H and O–H groups in total. The fourth-order valence-corrected chi connectivity index (χ4v) is 8.08. The van der Waals surface area contributed by atoms with Crippen LogP contribution in [0.15, 0.2) is 18.2 Å². The average molecular weight is 737 g/mol. The minimum Gasteiger partial charge on any atom is -0.192 e. The van der Waals surface area contributed by atoms with Crippen LogP contribution in [0.4, 0.5) is 0 Å². The first kappa shape index (κ1) is 48.9. The minimum absolute atomic E-state index is 0.0745. The highest BCUT2D eigenvalue weighted by molar-refractivity contribution is 5.75. The molecule has 0 aliphatic rings. The van der Waals surface area contributed by atoms with Gasteiger partial charge in [-0.15, -0.1) is 0 Å². The van der Waals surface area contributed by atoms with E-state index in [0.717, 1.165) is 24.8 Å². The molecule has 1 rings (SSSR count). The molecule has 0 radical (unpaired) electrons. The Morgan fingerprint density at radius 3 is 1.00 bits per heavy atom. The lowest BCUT2D eigenvalue weighted by molar-refractivity contribution is 0.399. The molecular formula is C50H80N4. The van der Waals surface area contributed by atoms with Gasteiger partial charge in [-0.05, 0) is 24.0 Å². The molecule has 4 nitrogen and oxygen atoms in total. The Morgan fingerprint density at radius 1 is 0.407 bits per heavy atom. The molecule has 0 heterocycles. The Labute approximate surface area is 334 Å². The highest BCUT2D eigenvalue weighted by Gasteiger charge is 2.13. The highest BCUT2D eigenvalue weighted by atomic mass is 14.3. The molecule has 300 valence electrons. The Balaban J connectivity index is 2.54. The zero-order chi connectivity index (χ0) is 39.2. The van der Waals surface area contributed by atoms with Crippen molar-refractivity contribution in [1.29, 1.82) is 21.0 Å². The topological polar surface area (TPSA) is 95.2 Å². The molecule has 0 aromatic heterocycles. The monoisotopic (exact) mass is 737 g/mol. The first-order valence-electron chi connectivity index (χ1n) is 23.1. The summed E-state index contributed by atoms with van der Waals surface area (Å²) in [6.07, 6.45) is 46.8. The largest absolute Gasteiger partial charge is 0.192 e. The van der Waals surface area contributed by atoms with E-state index in [1.807, 2.05) is 18.2 Å². The van der Waals surface area contributed by atoms with Gasteiger partial charge in [0, 0.05) is 10.4 Å². The zero-order valence-corrected chi connectivity index (χ0v) is 35.3. The zero-order valence-electron chi connectivity index (χ0n) is 35.3. The van der Waals surface area contributed by atoms with Crippen molar-refractivity contribution >= 4 is 11.1 Å². The fraction of sp³-hybridized carbons (Fsp3) is 0.760. The van der Waals surface area contributed by atoms with Crippen molar-refractivity contribution in [2.24, 2.45) is 5.92 Å². The molecule has 0 aliphatic carbocycles. The number of nitrogens with zero attached hydrogens (tertiary/aromatic N) is 4. The molecule has 4 heteroatoms. The Hall–Kier alpha value is -3.08. The smallest absolute Gasteiger partial charge is 0.137 e. The van der Waals surface area contributed by atoms with E-state index in [9.17, 15) is 21.0 Å². The van der Waals surface area contributed by atoms with Crippen LogP contribution in [0, 0.1) is 51.2 Å². The summed E-state index contributed by atoms with van der Waals surface area (Å²) < 4.78 is 0. The van der Waals surface area contributed by atoms with Crippen LogP contribution in [0.25, 0.3) is 11.1 Å². The van der Waals surface area contributed by atoms with Crippen LogP contribution < -0.4 is 10.4 Å².